The van der Waals surface area contributed by atoms with E-state index in [2.05, 4.69) is 52.1 Å². The molecular formula is C29H35N3O5. The summed E-state index contributed by atoms with van der Waals surface area (Å²) in [6.07, 6.45) is 2.16. The second-order valence-electron chi connectivity index (χ2n) is 11.3. The fourth-order valence-electron chi connectivity index (χ4n) is 4.07. The van der Waals surface area contributed by atoms with Gasteiger partial charge in [-0.1, -0.05) is 53.7 Å². The van der Waals surface area contributed by atoms with Crippen LogP contribution in [0.4, 0.5) is 5.69 Å². The Kier molecular flexibility index (Phi) is 7.91. The SMILES string of the molecule is Cc1cc([N+](=O)[O-])ccc1-c1ccc(/C=N/NC(=O)CCc2cc(C(C)(C)C)c(O)c(C(C)(C)C)c2)o1. The molecule has 8 nitrogen and oxygen atoms in total. The van der Waals surface area contributed by atoms with Crippen LogP contribution < -0.4 is 5.43 Å². The van der Waals surface area contributed by atoms with Crippen LogP contribution in [0.2, 0.25) is 0 Å². The average molecular weight is 506 g/mol. The molecule has 0 aliphatic rings. The number of phenols is 1. The van der Waals surface area contributed by atoms with Crippen molar-refractivity contribution in [2.75, 3.05) is 0 Å². The van der Waals surface area contributed by atoms with Crippen molar-refractivity contribution in [3.05, 3.63) is 80.6 Å². The van der Waals surface area contributed by atoms with Crippen molar-refractivity contribution < 1.29 is 19.2 Å². The number of hydrogen-bond donors (Lipinski definition) is 2. The highest BCUT2D eigenvalue weighted by Crippen LogP contribution is 2.40. The van der Waals surface area contributed by atoms with Gasteiger partial charge >= 0.3 is 0 Å². The number of carbonyl (C=O) groups is 1. The Morgan fingerprint density at radius 1 is 1.05 bits per heavy atom. The Hall–Kier alpha value is -3.94. The van der Waals surface area contributed by atoms with E-state index in [1.807, 2.05) is 12.1 Å². The Labute approximate surface area is 217 Å². The van der Waals surface area contributed by atoms with Crippen LogP contribution in [0.25, 0.3) is 11.3 Å². The molecule has 0 aliphatic heterocycles. The highest BCUT2D eigenvalue weighted by molar-refractivity contribution is 5.81. The van der Waals surface area contributed by atoms with Gasteiger partial charge in [0.2, 0.25) is 5.91 Å². The van der Waals surface area contributed by atoms with E-state index in [0.717, 1.165) is 27.8 Å². The third kappa shape index (κ3) is 6.84. The van der Waals surface area contributed by atoms with Gasteiger partial charge in [0.1, 0.15) is 17.3 Å². The lowest BCUT2D eigenvalue weighted by Crippen LogP contribution is -2.20. The number of carbonyl (C=O) groups excluding carboxylic acids is 1. The number of aromatic hydroxyl groups is 1. The number of phenolic OH excluding ortho intramolecular Hbond substituents is 1. The Bertz CT molecular complexity index is 1310. The zero-order valence-corrected chi connectivity index (χ0v) is 22.5. The van der Waals surface area contributed by atoms with Gasteiger partial charge in [-0.2, -0.15) is 5.10 Å². The number of hydrogen-bond acceptors (Lipinski definition) is 6. The summed E-state index contributed by atoms with van der Waals surface area (Å²) < 4.78 is 5.77. The smallest absolute Gasteiger partial charge is 0.269 e. The summed E-state index contributed by atoms with van der Waals surface area (Å²) in [5.74, 6) is 1.07. The molecule has 0 radical (unpaired) electrons. The van der Waals surface area contributed by atoms with Crippen LogP contribution in [0.3, 0.4) is 0 Å². The molecule has 2 N–H and O–H groups in total. The minimum absolute atomic E-state index is 0.0221. The zero-order chi connectivity index (χ0) is 27.5. The molecule has 37 heavy (non-hydrogen) atoms. The lowest BCUT2D eigenvalue weighted by atomic mass is 9.78. The van der Waals surface area contributed by atoms with Crippen LogP contribution in [0.15, 0.2) is 52.0 Å². The molecule has 196 valence electrons. The van der Waals surface area contributed by atoms with Crippen LogP contribution in [-0.4, -0.2) is 22.2 Å². The molecule has 0 saturated heterocycles. The number of benzene rings is 2. The lowest BCUT2D eigenvalue weighted by Gasteiger charge is -2.28. The summed E-state index contributed by atoms with van der Waals surface area (Å²) >= 11 is 0. The van der Waals surface area contributed by atoms with E-state index >= 15 is 0 Å². The van der Waals surface area contributed by atoms with Crippen LogP contribution in [0.1, 0.15) is 76.0 Å². The van der Waals surface area contributed by atoms with Crippen molar-refractivity contribution in [3.63, 3.8) is 0 Å². The second-order valence-corrected chi connectivity index (χ2v) is 11.3. The number of furan rings is 1. The van der Waals surface area contributed by atoms with E-state index < -0.39 is 4.92 Å². The first-order chi connectivity index (χ1) is 17.2. The number of nitro groups is 1. The number of amides is 1. The lowest BCUT2D eigenvalue weighted by molar-refractivity contribution is -0.384. The zero-order valence-electron chi connectivity index (χ0n) is 22.5. The minimum atomic E-state index is -0.436. The van der Waals surface area contributed by atoms with Crippen LogP contribution in [0.5, 0.6) is 5.75 Å². The molecule has 0 atom stereocenters. The molecule has 2 aromatic carbocycles. The van der Waals surface area contributed by atoms with Crippen molar-refractivity contribution in [2.45, 2.75) is 72.1 Å². The van der Waals surface area contributed by atoms with Crippen LogP contribution in [-0.2, 0) is 22.0 Å². The Morgan fingerprint density at radius 2 is 1.68 bits per heavy atom. The number of nitrogens with zero attached hydrogens (tertiary/aromatic N) is 2. The van der Waals surface area contributed by atoms with Crippen molar-refractivity contribution in [1.29, 1.82) is 0 Å². The van der Waals surface area contributed by atoms with Crippen molar-refractivity contribution in [2.24, 2.45) is 5.10 Å². The number of aryl methyl sites for hydroxylation is 2. The molecule has 0 aliphatic carbocycles. The maximum atomic E-state index is 12.4. The second kappa shape index (κ2) is 10.6. The van der Waals surface area contributed by atoms with Crippen LogP contribution in [0, 0.1) is 17.0 Å². The van der Waals surface area contributed by atoms with Gasteiger partial charge in [-0.15, -0.1) is 0 Å². The molecular weight excluding hydrogens is 470 g/mol. The molecule has 3 aromatic rings. The molecule has 1 aromatic heterocycles. The first kappa shape index (κ1) is 27.6. The van der Waals surface area contributed by atoms with Gasteiger partial charge in [0.05, 0.1) is 11.1 Å². The molecule has 0 spiro atoms. The van der Waals surface area contributed by atoms with Gasteiger partial charge in [-0.25, -0.2) is 5.43 Å². The fourth-order valence-corrected chi connectivity index (χ4v) is 4.07. The van der Waals surface area contributed by atoms with Gasteiger partial charge in [-0.05, 0) is 64.6 Å². The van der Waals surface area contributed by atoms with Gasteiger partial charge in [0, 0.05) is 24.1 Å². The largest absolute Gasteiger partial charge is 0.507 e. The average Bonchev–Trinajstić information content (AvgIpc) is 3.25. The van der Waals surface area contributed by atoms with Crippen molar-refractivity contribution in [3.8, 4) is 17.1 Å². The van der Waals surface area contributed by atoms with Gasteiger partial charge < -0.3 is 9.52 Å². The predicted molar refractivity (Wildman–Crippen MR) is 145 cm³/mol. The first-order valence-electron chi connectivity index (χ1n) is 12.2. The summed E-state index contributed by atoms with van der Waals surface area (Å²) in [6, 6.07) is 12.0. The number of non-ortho nitro benzene ring substituents is 1. The highest BCUT2D eigenvalue weighted by atomic mass is 16.6. The monoisotopic (exact) mass is 505 g/mol. The highest BCUT2D eigenvalue weighted by Gasteiger charge is 2.26. The number of rotatable bonds is 7. The molecule has 0 bridgehead atoms. The van der Waals surface area contributed by atoms with E-state index in [4.69, 9.17) is 4.42 Å². The summed E-state index contributed by atoms with van der Waals surface area (Å²) in [7, 11) is 0. The van der Waals surface area contributed by atoms with Crippen molar-refractivity contribution in [1.82, 2.24) is 5.43 Å². The third-order valence-electron chi connectivity index (χ3n) is 6.12. The topological polar surface area (TPSA) is 118 Å². The molecule has 0 unspecified atom stereocenters. The fraction of sp³-hybridized carbons (Fsp3) is 0.379. The minimum Gasteiger partial charge on any atom is -0.507 e. The standard InChI is InChI=1S/C29H35N3O5/c1-18-14-20(32(35)36)9-11-22(18)25-12-10-21(37-25)17-30-31-26(33)13-8-19-15-23(28(2,3)4)27(34)24(16-19)29(5,6)7/h9-12,14-17,34H,8,13H2,1-7H3,(H,31,33)/b30-17+. The number of nitro benzene ring substituents is 1. The summed E-state index contributed by atoms with van der Waals surface area (Å²) in [4.78, 5) is 22.9. The molecule has 0 saturated carbocycles. The van der Waals surface area contributed by atoms with E-state index in [1.54, 1.807) is 25.1 Å². The maximum absolute atomic E-state index is 12.4. The van der Waals surface area contributed by atoms with E-state index in [0.29, 0.717) is 23.7 Å². The molecule has 8 heteroatoms. The molecule has 1 amide bonds. The Morgan fingerprint density at radius 3 is 2.22 bits per heavy atom. The molecule has 0 fully saturated rings. The third-order valence-corrected chi connectivity index (χ3v) is 6.12. The predicted octanol–water partition coefficient (Wildman–Crippen LogP) is 6.55. The normalized spacial score (nSPS) is 12.2. The Balaban J connectivity index is 1.65. The summed E-state index contributed by atoms with van der Waals surface area (Å²) in [6.45, 7) is 14.1. The van der Waals surface area contributed by atoms with Crippen molar-refractivity contribution >= 4 is 17.8 Å². The van der Waals surface area contributed by atoms with E-state index in [1.165, 1.54) is 18.3 Å². The van der Waals surface area contributed by atoms with Gasteiger partial charge in [0.15, 0.2) is 0 Å². The van der Waals surface area contributed by atoms with Gasteiger partial charge in [0.25, 0.3) is 5.69 Å². The molecule has 3 rings (SSSR count). The van der Waals surface area contributed by atoms with E-state index in [9.17, 15) is 20.0 Å². The molecule has 1 heterocycles. The van der Waals surface area contributed by atoms with Crippen LogP contribution >= 0.6 is 0 Å². The quantitative estimate of drug-likeness (QED) is 0.214. The van der Waals surface area contributed by atoms with Gasteiger partial charge in [-0.3, -0.25) is 14.9 Å². The number of hydrazone groups is 1. The summed E-state index contributed by atoms with van der Waals surface area (Å²) in [5, 5.41) is 25.8. The maximum Gasteiger partial charge on any atom is 0.269 e. The summed E-state index contributed by atoms with van der Waals surface area (Å²) in [5.41, 5.74) is 6.26. The number of nitrogens with one attached hydrogen (secondary N) is 1. The van der Waals surface area contributed by atoms with E-state index in [-0.39, 0.29) is 28.8 Å². The first-order valence-corrected chi connectivity index (χ1v) is 12.2.